The average Bonchev–Trinajstić information content (AvgIpc) is 2.36. The average molecular weight is 269 g/mol. The van der Waals surface area contributed by atoms with Crippen molar-refractivity contribution >= 4 is 11.9 Å². The van der Waals surface area contributed by atoms with Crippen LogP contribution in [0.4, 0.5) is 11.9 Å². The molecule has 0 aliphatic carbocycles. The first-order chi connectivity index (χ1) is 9.06. The predicted octanol–water partition coefficient (Wildman–Crippen LogP) is 0.909. The molecule has 1 heterocycles. The second-order valence-electron chi connectivity index (χ2n) is 4.26. The Labute approximate surface area is 114 Å². The number of aliphatic hydroxyl groups is 1. The lowest BCUT2D eigenvalue weighted by molar-refractivity contribution is 0.186. The molecule has 0 spiro atoms. The van der Waals surface area contributed by atoms with E-state index in [0.717, 1.165) is 6.54 Å². The predicted molar refractivity (Wildman–Crippen MR) is 74.7 cm³/mol. The number of nitrogens with one attached hydrogen (secondary N) is 1. The molecule has 1 unspecified atom stereocenters. The highest BCUT2D eigenvalue weighted by molar-refractivity contribution is 5.37. The van der Waals surface area contributed by atoms with Crippen molar-refractivity contribution in [1.82, 2.24) is 15.0 Å². The Morgan fingerprint density at radius 3 is 2.63 bits per heavy atom. The highest BCUT2D eigenvalue weighted by Gasteiger charge is 2.11. The van der Waals surface area contributed by atoms with Crippen LogP contribution in [0.2, 0.25) is 0 Å². The SMILES string of the molecule is CCNc1nc(OCC)nc(N(C)CCC(C)O)n1. The number of hydrogen-bond acceptors (Lipinski definition) is 7. The Morgan fingerprint density at radius 1 is 1.32 bits per heavy atom. The van der Waals surface area contributed by atoms with E-state index in [0.29, 0.717) is 37.5 Å². The maximum Gasteiger partial charge on any atom is 0.323 e. The molecule has 0 aliphatic rings. The van der Waals surface area contributed by atoms with E-state index in [-0.39, 0.29) is 6.10 Å². The molecule has 0 aliphatic heterocycles. The highest BCUT2D eigenvalue weighted by atomic mass is 16.5. The van der Waals surface area contributed by atoms with Gasteiger partial charge in [0.15, 0.2) is 0 Å². The summed E-state index contributed by atoms with van der Waals surface area (Å²) in [5.74, 6) is 1.04. The number of aliphatic hydroxyl groups excluding tert-OH is 1. The molecule has 108 valence electrons. The summed E-state index contributed by atoms with van der Waals surface area (Å²) in [4.78, 5) is 14.6. The van der Waals surface area contributed by atoms with Crippen molar-refractivity contribution in [2.75, 3.05) is 37.0 Å². The van der Waals surface area contributed by atoms with Crippen LogP contribution in [0.3, 0.4) is 0 Å². The normalized spacial score (nSPS) is 12.1. The Morgan fingerprint density at radius 2 is 2.05 bits per heavy atom. The lowest BCUT2D eigenvalue weighted by Gasteiger charge is -2.18. The summed E-state index contributed by atoms with van der Waals surface area (Å²) in [7, 11) is 1.88. The number of anilines is 2. The van der Waals surface area contributed by atoms with Gasteiger partial charge >= 0.3 is 6.01 Å². The molecule has 0 saturated heterocycles. The molecule has 1 atom stereocenters. The van der Waals surface area contributed by atoms with E-state index in [1.54, 1.807) is 6.92 Å². The molecule has 0 bridgehead atoms. The largest absolute Gasteiger partial charge is 0.464 e. The number of ether oxygens (including phenoxy) is 1. The van der Waals surface area contributed by atoms with E-state index in [9.17, 15) is 5.11 Å². The molecule has 2 N–H and O–H groups in total. The van der Waals surface area contributed by atoms with E-state index in [4.69, 9.17) is 4.74 Å². The molecular weight excluding hydrogens is 246 g/mol. The zero-order chi connectivity index (χ0) is 14.3. The summed E-state index contributed by atoms with van der Waals surface area (Å²) in [6.45, 7) is 7.52. The minimum Gasteiger partial charge on any atom is -0.464 e. The van der Waals surface area contributed by atoms with Crippen LogP contribution in [0.25, 0.3) is 0 Å². The van der Waals surface area contributed by atoms with Crippen LogP contribution >= 0.6 is 0 Å². The molecule has 1 rings (SSSR count). The molecule has 1 aromatic rings. The lowest BCUT2D eigenvalue weighted by Crippen LogP contribution is -2.24. The quantitative estimate of drug-likeness (QED) is 0.725. The second kappa shape index (κ2) is 7.73. The van der Waals surface area contributed by atoms with Crippen LogP contribution in [-0.2, 0) is 0 Å². The molecular formula is C12H23N5O2. The van der Waals surface area contributed by atoms with E-state index < -0.39 is 0 Å². The van der Waals surface area contributed by atoms with Crippen LogP contribution in [-0.4, -0.2) is 52.9 Å². The van der Waals surface area contributed by atoms with E-state index in [1.165, 1.54) is 0 Å². The molecule has 0 aromatic carbocycles. The molecule has 7 nitrogen and oxygen atoms in total. The molecule has 19 heavy (non-hydrogen) atoms. The van der Waals surface area contributed by atoms with Gasteiger partial charge in [0, 0.05) is 20.1 Å². The fraction of sp³-hybridized carbons (Fsp3) is 0.750. The molecule has 0 fully saturated rings. The van der Waals surface area contributed by atoms with Crippen molar-refractivity contribution in [1.29, 1.82) is 0 Å². The fourth-order valence-electron chi connectivity index (χ4n) is 1.43. The van der Waals surface area contributed by atoms with Crippen molar-refractivity contribution in [2.45, 2.75) is 33.3 Å². The van der Waals surface area contributed by atoms with E-state index >= 15 is 0 Å². The van der Waals surface area contributed by atoms with Gasteiger partial charge in [-0.3, -0.25) is 0 Å². The number of aromatic nitrogens is 3. The van der Waals surface area contributed by atoms with Crippen molar-refractivity contribution in [3.05, 3.63) is 0 Å². The van der Waals surface area contributed by atoms with Crippen LogP contribution in [0.1, 0.15) is 27.2 Å². The molecule has 0 saturated carbocycles. The van der Waals surface area contributed by atoms with Gasteiger partial charge in [-0.1, -0.05) is 0 Å². The Bertz CT molecular complexity index is 362. The standard InChI is InChI=1S/C12H23N5O2/c1-5-13-10-14-11(16-12(15-10)19-6-2)17(4)8-7-9(3)18/h9,18H,5-8H2,1-4H3,(H,13,14,15,16). The summed E-state index contributed by atoms with van der Waals surface area (Å²) >= 11 is 0. The lowest BCUT2D eigenvalue weighted by atomic mass is 10.3. The van der Waals surface area contributed by atoms with Crippen molar-refractivity contribution < 1.29 is 9.84 Å². The van der Waals surface area contributed by atoms with Gasteiger partial charge in [0.05, 0.1) is 12.7 Å². The first-order valence-corrected chi connectivity index (χ1v) is 6.58. The summed E-state index contributed by atoms with van der Waals surface area (Å²) in [5.41, 5.74) is 0. The molecule has 7 heteroatoms. The first kappa shape index (κ1) is 15.4. The minimum absolute atomic E-state index is 0.312. The summed E-state index contributed by atoms with van der Waals surface area (Å²) in [6.07, 6.45) is 0.312. The molecule has 1 aromatic heterocycles. The van der Waals surface area contributed by atoms with Gasteiger partial charge in [0.2, 0.25) is 11.9 Å². The Kier molecular flexibility index (Phi) is 6.27. The van der Waals surface area contributed by atoms with Crippen LogP contribution in [0.5, 0.6) is 6.01 Å². The molecule has 0 radical (unpaired) electrons. The summed E-state index contributed by atoms with van der Waals surface area (Å²) in [6, 6.07) is 0.312. The smallest absolute Gasteiger partial charge is 0.323 e. The molecule has 0 amide bonds. The van der Waals surface area contributed by atoms with E-state index in [1.807, 2.05) is 25.8 Å². The van der Waals surface area contributed by atoms with Gasteiger partial charge < -0.3 is 20.1 Å². The summed E-state index contributed by atoms with van der Waals surface area (Å²) in [5, 5.41) is 12.4. The summed E-state index contributed by atoms with van der Waals surface area (Å²) < 4.78 is 5.33. The maximum atomic E-state index is 9.31. The van der Waals surface area contributed by atoms with Gasteiger partial charge in [0.25, 0.3) is 0 Å². The van der Waals surface area contributed by atoms with Gasteiger partial charge in [-0.15, -0.1) is 0 Å². The van der Waals surface area contributed by atoms with Crippen molar-refractivity contribution in [3.8, 4) is 6.01 Å². The third kappa shape index (κ3) is 5.25. The minimum atomic E-state index is -0.344. The third-order valence-corrected chi connectivity index (χ3v) is 2.44. The zero-order valence-electron chi connectivity index (χ0n) is 12.1. The van der Waals surface area contributed by atoms with Gasteiger partial charge in [-0.25, -0.2) is 0 Å². The fourth-order valence-corrected chi connectivity index (χ4v) is 1.43. The Balaban J connectivity index is 2.84. The number of hydrogen-bond donors (Lipinski definition) is 2. The third-order valence-electron chi connectivity index (χ3n) is 2.44. The Hall–Kier alpha value is -1.63. The van der Waals surface area contributed by atoms with Crippen molar-refractivity contribution in [2.24, 2.45) is 0 Å². The maximum absolute atomic E-state index is 9.31. The van der Waals surface area contributed by atoms with Crippen LogP contribution in [0.15, 0.2) is 0 Å². The number of rotatable bonds is 8. The second-order valence-corrected chi connectivity index (χ2v) is 4.26. The van der Waals surface area contributed by atoms with Gasteiger partial charge in [0.1, 0.15) is 0 Å². The number of nitrogens with zero attached hydrogens (tertiary/aromatic N) is 4. The van der Waals surface area contributed by atoms with Crippen LogP contribution < -0.4 is 15.0 Å². The van der Waals surface area contributed by atoms with Gasteiger partial charge in [-0.2, -0.15) is 15.0 Å². The highest BCUT2D eigenvalue weighted by Crippen LogP contribution is 2.14. The zero-order valence-corrected chi connectivity index (χ0v) is 12.1. The first-order valence-electron chi connectivity index (χ1n) is 6.58. The topological polar surface area (TPSA) is 83.4 Å². The van der Waals surface area contributed by atoms with Crippen molar-refractivity contribution in [3.63, 3.8) is 0 Å². The van der Waals surface area contributed by atoms with Gasteiger partial charge in [-0.05, 0) is 27.2 Å². The van der Waals surface area contributed by atoms with E-state index in [2.05, 4.69) is 20.3 Å². The monoisotopic (exact) mass is 269 g/mol. The van der Waals surface area contributed by atoms with Crippen LogP contribution in [0, 0.1) is 0 Å².